The van der Waals surface area contributed by atoms with E-state index in [0.717, 1.165) is 36.0 Å². The van der Waals surface area contributed by atoms with Gasteiger partial charge in [-0.2, -0.15) is 0 Å². The average molecular weight is 411 g/mol. The van der Waals surface area contributed by atoms with Crippen LogP contribution < -0.4 is 24.3 Å². The molecule has 4 rings (SSSR count). The number of rotatable bonds is 7. The van der Waals surface area contributed by atoms with Crippen LogP contribution >= 0.6 is 0 Å². The fraction of sp³-hybridized carbons (Fsp3) is 0.348. The van der Waals surface area contributed by atoms with Crippen LogP contribution in [0.25, 0.3) is 11.0 Å². The molecule has 1 amide bonds. The molecule has 1 aliphatic carbocycles. The SMILES string of the molecule is COc1cc(NC(=O)COc2ccc3oc4c(c3c2)CCCC4)cc(OC)c1OC. The van der Waals surface area contributed by atoms with E-state index < -0.39 is 0 Å². The first-order valence-electron chi connectivity index (χ1n) is 9.90. The molecule has 0 radical (unpaired) electrons. The fourth-order valence-electron chi connectivity index (χ4n) is 3.83. The maximum atomic E-state index is 12.4. The number of nitrogens with one attached hydrogen (secondary N) is 1. The lowest BCUT2D eigenvalue weighted by Gasteiger charge is -2.14. The summed E-state index contributed by atoms with van der Waals surface area (Å²) in [6, 6.07) is 9.02. The second kappa shape index (κ2) is 8.57. The summed E-state index contributed by atoms with van der Waals surface area (Å²) in [5.41, 5.74) is 2.66. The number of carbonyl (C=O) groups is 1. The number of furan rings is 1. The number of anilines is 1. The standard InChI is InChI=1S/C23H25NO6/c1-26-20-10-14(11-21(27-2)23(20)28-3)24-22(25)13-29-15-8-9-19-17(12-15)16-6-4-5-7-18(16)30-19/h8-12H,4-7,13H2,1-3H3,(H,24,25). The maximum Gasteiger partial charge on any atom is 0.262 e. The highest BCUT2D eigenvalue weighted by Crippen LogP contribution is 2.40. The van der Waals surface area contributed by atoms with Crippen molar-refractivity contribution in [2.24, 2.45) is 0 Å². The molecule has 0 spiro atoms. The van der Waals surface area contributed by atoms with Crippen molar-refractivity contribution in [3.63, 3.8) is 0 Å². The third-order valence-electron chi connectivity index (χ3n) is 5.24. The van der Waals surface area contributed by atoms with Gasteiger partial charge < -0.3 is 28.7 Å². The van der Waals surface area contributed by atoms with E-state index in [9.17, 15) is 4.79 Å². The molecular weight excluding hydrogens is 386 g/mol. The van der Waals surface area contributed by atoms with Crippen LogP contribution in [0.3, 0.4) is 0 Å². The summed E-state index contributed by atoms with van der Waals surface area (Å²) >= 11 is 0. The minimum absolute atomic E-state index is 0.123. The second-order valence-electron chi connectivity index (χ2n) is 7.12. The van der Waals surface area contributed by atoms with E-state index >= 15 is 0 Å². The van der Waals surface area contributed by atoms with Crippen molar-refractivity contribution in [2.45, 2.75) is 25.7 Å². The molecule has 3 aromatic rings. The van der Waals surface area contributed by atoms with Crippen LogP contribution in [-0.2, 0) is 17.6 Å². The minimum atomic E-state index is -0.293. The van der Waals surface area contributed by atoms with Gasteiger partial charge in [0.1, 0.15) is 17.1 Å². The number of carbonyl (C=O) groups excluding carboxylic acids is 1. The minimum Gasteiger partial charge on any atom is -0.493 e. The van der Waals surface area contributed by atoms with Crippen LogP contribution in [0.4, 0.5) is 5.69 Å². The van der Waals surface area contributed by atoms with Gasteiger partial charge in [0.25, 0.3) is 5.91 Å². The van der Waals surface area contributed by atoms with Crippen LogP contribution in [-0.4, -0.2) is 33.8 Å². The zero-order valence-electron chi connectivity index (χ0n) is 17.4. The Morgan fingerprint density at radius 1 is 1.00 bits per heavy atom. The van der Waals surface area contributed by atoms with Crippen molar-refractivity contribution in [2.75, 3.05) is 33.3 Å². The van der Waals surface area contributed by atoms with Crippen molar-refractivity contribution >= 4 is 22.6 Å². The highest BCUT2D eigenvalue weighted by atomic mass is 16.5. The van der Waals surface area contributed by atoms with Crippen LogP contribution in [0.2, 0.25) is 0 Å². The van der Waals surface area contributed by atoms with Crippen molar-refractivity contribution in [1.29, 1.82) is 0 Å². The summed E-state index contributed by atoms with van der Waals surface area (Å²) in [6.45, 7) is -0.123. The molecule has 30 heavy (non-hydrogen) atoms. The Morgan fingerprint density at radius 2 is 1.73 bits per heavy atom. The quantitative estimate of drug-likeness (QED) is 0.623. The Morgan fingerprint density at radius 3 is 2.43 bits per heavy atom. The van der Waals surface area contributed by atoms with Gasteiger partial charge in [0.05, 0.1) is 21.3 Å². The molecule has 0 unspecified atom stereocenters. The summed E-state index contributed by atoms with van der Waals surface area (Å²) in [4.78, 5) is 12.4. The number of benzene rings is 2. The van der Waals surface area contributed by atoms with Gasteiger partial charge in [-0.15, -0.1) is 0 Å². The molecule has 1 aromatic heterocycles. The monoisotopic (exact) mass is 411 g/mol. The molecule has 1 heterocycles. The molecule has 7 heteroatoms. The molecule has 0 saturated carbocycles. The normalized spacial score (nSPS) is 12.9. The van der Waals surface area contributed by atoms with Crippen molar-refractivity contribution in [3.8, 4) is 23.0 Å². The number of ether oxygens (including phenoxy) is 4. The zero-order chi connectivity index (χ0) is 21.1. The van der Waals surface area contributed by atoms with Gasteiger partial charge in [-0.1, -0.05) is 0 Å². The first kappa shape index (κ1) is 19.9. The molecule has 0 fully saturated rings. The largest absolute Gasteiger partial charge is 0.493 e. The number of hydrogen-bond donors (Lipinski definition) is 1. The van der Waals surface area contributed by atoms with Gasteiger partial charge in [0, 0.05) is 35.2 Å². The lowest BCUT2D eigenvalue weighted by atomic mass is 9.96. The lowest BCUT2D eigenvalue weighted by Crippen LogP contribution is -2.20. The van der Waals surface area contributed by atoms with Crippen LogP contribution in [0.15, 0.2) is 34.7 Å². The molecule has 0 atom stereocenters. The van der Waals surface area contributed by atoms with Crippen molar-refractivity contribution in [3.05, 3.63) is 41.7 Å². The second-order valence-corrected chi connectivity index (χ2v) is 7.12. The van der Waals surface area contributed by atoms with E-state index in [4.69, 9.17) is 23.4 Å². The van der Waals surface area contributed by atoms with Gasteiger partial charge in [-0.3, -0.25) is 4.79 Å². The third kappa shape index (κ3) is 3.87. The Bertz CT molecular complexity index is 1050. The topological polar surface area (TPSA) is 79.2 Å². The predicted molar refractivity (Wildman–Crippen MR) is 113 cm³/mol. The van der Waals surface area contributed by atoms with E-state index in [-0.39, 0.29) is 12.5 Å². The Kier molecular flexibility index (Phi) is 5.70. The summed E-state index contributed by atoms with van der Waals surface area (Å²) < 4.78 is 27.6. The van der Waals surface area contributed by atoms with Crippen LogP contribution in [0, 0.1) is 0 Å². The number of fused-ring (bicyclic) bond motifs is 3. The fourth-order valence-corrected chi connectivity index (χ4v) is 3.83. The van der Waals surface area contributed by atoms with Crippen LogP contribution in [0.5, 0.6) is 23.0 Å². The summed E-state index contributed by atoms with van der Waals surface area (Å²) in [7, 11) is 4.58. The summed E-state index contributed by atoms with van der Waals surface area (Å²) in [5.74, 6) is 2.81. The van der Waals surface area contributed by atoms with Gasteiger partial charge in [0.2, 0.25) is 5.75 Å². The predicted octanol–water partition coefficient (Wildman–Crippen LogP) is 4.35. The van der Waals surface area contributed by atoms with Crippen LogP contribution in [0.1, 0.15) is 24.2 Å². The Hall–Kier alpha value is -3.35. The number of methoxy groups -OCH3 is 3. The van der Waals surface area contributed by atoms with E-state index in [1.165, 1.54) is 33.3 Å². The summed E-state index contributed by atoms with van der Waals surface area (Å²) in [6.07, 6.45) is 4.34. The van der Waals surface area contributed by atoms with E-state index in [0.29, 0.717) is 28.7 Å². The van der Waals surface area contributed by atoms with E-state index in [2.05, 4.69) is 5.32 Å². The molecular formula is C23H25NO6. The Labute approximate surface area is 174 Å². The molecule has 0 saturated heterocycles. The van der Waals surface area contributed by atoms with Crippen molar-refractivity contribution in [1.82, 2.24) is 0 Å². The smallest absolute Gasteiger partial charge is 0.262 e. The molecule has 1 aliphatic rings. The van der Waals surface area contributed by atoms with Crippen molar-refractivity contribution < 1.29 is 28.2 Å². The first-order valence-corrected chi connectivity index (χ1v) is 9.90. The molecule has 2 aromatic carbocycles. The lowest BCUT2D eigenvalue weighted by molar-refractivity contribution is -0.118. The van der Waals surface area contributed by atoms with Gasteiger partial charge in [0.15, 0.2) is 18.1 Å². The molecule has 7 nitrogen and oxygen atoms in total. The highest BCUT2D eigenvalue weighted by molar-refractivity contribution is 5.93. The highest BCUT2D eigenvalue weighted by Gasteiger charge is 2.18. The van der Waals surface area contributed by atoms with E-state index in [1.54, 1.807) is 12.1 Å². The molecule has 158 valence electrons. The third-order valence-corrected chi connectivity index (χ3v) is 5.24. The number of hydrogen-bond acceptors (Lipinski definition) is 6. The zero-order valence-corrected chi connectivity index (χ0v) is 17.4. The van der Waals surface area contributed by atoms with Gasteiger partial charge >= 0.3 is 0 Å². The van der Waals surface area contributed by atoms with Gasteiger partial charge in [-0.05, 0) is 37.5 Å². The maximum absolute atomic E-state index is 12.4. The Balaban J connectivity index is 1.45. The first-order chi connectivity index (χ1) is 14.6. The average Bonchev–Trinajstić information content (AvgIpc) is 3.15. The number of aryl methyl sites for hydroxylation is 2. The van der Waals surface area contributed by atoms with E-state index in [1.807, 2.05) is 18.2 Å². The molecule has 1 N–H and O–H groups in total. The molecule has 0 bridgehead atoms. The van der Waals surface area contributed by atoms with Gasteiger partial charge in [-0.25, -0.2) is 0 Å². The molecule has 0 aliphatic heterocycles. The number of amides is 1. The summed E-state index contributed by atoms with van der Waals surface area (Å²) in [5, 5.41) is 3.87.